The SMILES string of the molecule is CCNC(=NCc1ccccc1OCCN1CCOCC1)NCCc1ccc(Cl)nc1. The highest BCUT2D eigenvalue weighted by atomic mass is 35.5. The molecule has 1 saturated heterocycles. The van der Waals surface area contributed by atoms with Gasteiger partial charge in [0.1, 0.15) is 17.5 Å². The quantitative estimate of drug-likeness (QED) is 0.333. The molecule has 3 rings (SSSR count). The molecule has 1 aromatic carbocycles. The molecule has 8 heteroatoms. The van der Waals surface area contributed by atoms with Crippen LogP contribution >= 0.6 is 11.6 Å². The second kappa shape index (κ2) is 13.1. The van der Waals surface area contributed by atoms with Gasteiger partial charge in [-0.2, -0.15) is 0 Å². The Morgan fingerprint density at radius 2 is 2.03 bits per heavy atom. The maximum absolute atomic E-state index is 6.07. The molecule has 0 aliphatic carbocycles. The third-order valence-corrected chi connectivity index (χ3v) is 5.21. The average molecular weight is 446 g/mol. The van der Waals surface area contributed by atoms with Crippen LogP contribution in [0.1, 0.15) is 18.1 Å². The lowest BCUT2D eigenvalue weighted by molar-refractivity contribution is 0.0322. The molecular weight excluding hydrogens is 414 g/mol. The number of aromatic nitrogens is 1. The number of aliphatic imine (C=N–C) groups is 1. The molecule has 0 atom stereocenters. The van der Waals surface area contributed by atoms with Crippen LogP contribution in [-0.2, 0) is 17.7 Å². The molecule has 0 bridgehead atoms. The van der Waals surface area contributed by atoms with Crippen molar-refractivity contribution in [2.75, 3.05) is 52.5 Å². The first-order valence-corrected chi connectivity index (χ1v) is 11.3. The lowest BCUT2D eigenvalue weighted by Gasteiger charge is -2.26. The minimum Gasteiger partial charge on any atom is -0.492 e. The highest BCUT2D eigenvalue weighted by Crippen LogP contribution is 2.19. The predicted octanol–water partition coefficient (Wildman–Crippen LogP) is 2.74. The molecule has 1 aromatic heterocycles. The van der Waals surface area contributed by atoms with Crippen molar-refractivity contribution in [2.45, 2.75) is 19.9 Å². The Bertz CT molecular complexity index is 810. The molecule has 0 saturated carbocycles. The van der Waals surface area contributed by atoms with E-state index in [1.54, 1.807) is 6.20 Å². The van der Waals surface area contributed by atoms with Gasteiger partial charge in [0.25, 0.3) is 0 Å². The van der Waals surface area contributed by atoms with Crippen LogP contribution in [0.3, 0.4) is 0 Å². The first kappa shape index (κ1) is 23.3. The Balaban J connectivity index is 1.50. The number of halogens is 1. The largest absolute Gasteiger partial charge is 0.492 e. The number of pyridine rings is 1. The summed E-state index contributed by atoms with van der Waals surface area (Å²) in [6, 6.07) is 11.9. The van der Waals surface area contributed by atoms with E-state index in [-0.39, 0.29) is 0 Å². The van der Waals surface area contributed by atoms with E-state index in [0.29, 0.717) is 18.3 Å². The first-order valence-electron chi connectivity index (χ1n) is 10.9. The van der Waals surface area contributed by atoms with Gasteiger partial charge in [0, 0.05) is 44.5 Å². The van der Waals surface area contributed by atoms with Crippen molar-refractivity contribution in [3.8, 4) is 5.75 Å². The van der Waals surface area contributed by atoms with Gasteiger partial charge in [-0.05, 0) is 31.0 Å². The fraction of sp³-hybridized carbons (Fsp3) is 0.478. The zero-order valence-electron chi connectivity index (χ0n) is 18.1. The summed E-state index contributed by atoms with van der Waals surface area (Å²) in [5.74, 6) is 1.68. The fourth-order valence-corrected chi connectivity index (χ4v) is 3.38. The van der Waals surface area contributed by atoms with Crippen molar-refractivity contribution in [3.63, 3.8) is 0 Å². The van der Waals surface area contributed by atoms with Gasteiger partial charge >= 0.3 is 0 Å². The molecule has 1 fully saturated rings. The number of nitrogens with one attached hydrogen (secondary N) is 2. The summed E-state index contributed by atoms with van der Waals surface area (Å²) in [4.78, 5) is 11.2. The molecule has 0 spiro atoms. The van der Waals surface area contributed by atoms with E-state index in [2.05, 4.69) is 33.5 Å². The van der Waals surface area contributed by atoms with Gasteiger partial charge in [-0.25, -0.2) is 9.98 Å². The van der Waals surface area contributed by atoms with E-state index in [0.717, 1.165) is 75.2 Å². The zero-order valence-corrected chi connectivity index (χ0v) is 18.9. The molecule has 1 aliphatic heterocycles. The average Bonchev–Trinajstić information content (AvgIpc) is 2.80. The van der Waals surface area contributed by atoms with E-state index < -0.39 is 0 Å². The van der Waals surface area contributed by atoms with Crippen molar-refractivity contribution >= 4 is 17.6 Å². The van der Waals surface area contributed by atoms with Crippen molar-refractivity contribution in [1.82, 2.24) is 20.5 Å². The third-order valence-electron chi connectivity index (χ3n) is 4.99. The molecule has 2 heterocycles. The lowest BCUT2D eigenvalue weighted by atomic mass is 10.2. The zero-order chi connectivity index (χ0) is 21.7. The summed E-state index contributed by atoms with van der Waals surface area (Å²) in [5, 5.41) is 7.19. The van der Waals surface area contributed by atoms with Crippen LogP contribution in [0.2, 0.25) is 5.15 Å². The maximum Gasteiger partial charge on any atom is 0.191 e. The van der Waals surface area contributed by atoms with Crippen LogP contribution in [0, 0.1) is 0 Å². The van der Waals surface area contributed by atoms with Gasteiger partial charge in [-0.15, -0.1) is 0 Å². The van der Waals surface area contributed by atoms with Crippen LogP contribution < -0.4 is 15.4 Å². The second-order valence-electron chi connectivity index (χ2n) is 7.27. The van der Waals surface area contributed by atoms with Gasteiger partial charge in [-0.3, -0.25) is 4.90 Å². The number of nitrogens with zero attached hydrogens (tertiary/aromatic N) is 3. The van der Waals surface area contributed by atoms with Gasteiger partial charge < -0.3 is 20.1 Å². The lowest BCUT2D eigenvalue weighted by Crippen LogP contribution is -2.38. The molecule has 0 radical (unpaired) electrons. The summed E-state index contributed by atoms with van der Waals surface area (Å²) in [6.45, 7) is 9.28. The topological polar surface area (TPSA) is 71.0 Å². The molecule has 0 unspecified atom stereocenters. The molecule has 7 nitrogen and oxygen atoms in total. The van der Waals surface area contributed by atoms with E-state index in [9.17, 15) is 0 Å². The van der Waals surface area contributed by atoms with Gasteiger partial charge in [-0.1, -0.05) is 35.9 Å². The number of hydrogen-bond acceptors (Lipinski definition) is 5. The van der Waals surface area contributed by atoms with Crippen molar-refractivity contribution in [3.05, 3.63) is 58.9 Å². The molecule has 31 heavy (non-hydrogen) atoms. The Morgan fingerprint density at radius 3 is 2.81 bits per heavy atom. The molecule has 2 N–H and O–H groups in total. The Labute approximate surface area is 189 Å². The number of benzene rings is 1. The molecular formula is C23H32ClN5O2. The number of guanidine groups is 1. The maximum atomic E-state index is 6.07. The van der Waals surface area contributed by atoms with E-state index in [1.807, 2.05) is 30.3 Å². The second-order valence-corrected chi connectivity index (χ2v) is 7.66. The minimum absolute atomic E-state index is 0.512. The Morgan fingerprint density at radius 1 is 1.19 bits per heavy atom. The Hall–Kier alpha value is -2.35. The van der Waals surface area contributed by atoms with Crippen molar-refractivity contribution in [1.29, 1.82) is 0 Å². The standard InChI is InChI=1S/C23H32ClN5O2/c1-2-25-23(26-10-9-19-7-8-22(24)27-17-19)28-18-20-5-3-4-6-21(20)31-16-13-29-11-14-30-15-12-29/h3-8,17H,2,9-16,18H2,1H3,(H2,25,26,28). The van der Waals surface area contributed by atoms with Crippen molar-refractivity contribution < 1.29 is 9.47 Å². The van der Waals surface area contributed by atoms with E-state index in [4.69, 9.17) is 26.1 Å². The summed E-state index contributed by atoms with van der Waals surface area (Å²) in [7, 11) is 0. The van der Waals surface area contributed by atoms with Crippen LogP contribution in [0.25, 0.3) is 0 Å². The monoisotopic (exact) mass is 445 g/mol. The summed E-state index contributed by atoms with van der Waals surface area (Å²) >= 11 is 5.85. The smallest absolute Gasteiger partial charge is 0.191 e. The Kier molecular flexibility index (Phi) is 9.89. The highest BCUT2D eigenvalue weighted by molar-refractivity contribution is 6.29. The number of rotatable bonds is 10. The molecule has 1 aliphatic rings. The van der Waals surface area contributed by atoms with Gasteiger partial charge in [0.05, 0.1) is 19.8 Å². The highest BCUT2D eigenvalue weighted by Gasteiger charge is 2.10. The summed E-state index contributed by atoms with van der Waals surface area (Å²) in [6.07, 6.45) is 2.65. The molecule has 0 amide bonds. The van der Waals surface area contributed by atoms with E-state index >= 15 is 0 Å². The number of ether oxygens (including phenoxy) is 2. The van der Waals surface area contributed by atoms with Gasteiger partial charge in [0.2, 0.25) is 0 Å². The fourth-order valence-electron chi connectivity index (χ4n) is 3.27. The normalized spacial score (nSPS) is 15.0. The molecule has 168 valence electrons. The number of hydrogen-bond donors (Lipinski definition) is 2. The van der Waals surface area contributed by atoms with Crippen LogP contribution in [-0.4, -0.2) is 68.4 Å². The summed E-state index contributed by atoms with van der Waals surface area (Å²) in [5.41, 5.74) is 2.20. The van der Waals surface area contributed by atoms with Gasteiger partial charge in [0.15, 0.2) is 5.96 Å². The van der Waals surface area contributed by atoms with Crippen LogP contribution in [0.4, 0.5) is 0 Å². The predicted molar refractivity (Wildman–Crippen MR) is 125 cm³/mol. The molecule has 2 aromatic rings. The number of para-hydroxylation sites is 1. The first-order chi connectivity index (χ1) is 15.2. The number of morpholine rings is 1. The van der Waals surface area contributed by atoms with Crippen molar-refractivity contribution in [2.24, 2.45) is 4.99 Å². The summed E-state index contributed by atoms with van der Waals surface area (Å²) < 4.78 is 11.5. The van der Waals surface area contributed by atoms with Crippen LogP contribution in [0.5, 0.6) is 5.75 Å². The minimum atomic E-state index is 0.512. The van der Waals surface area contributed by atoms with E-state index in [1.165, 1.54) is 0 Å². The van der Waals surface area contributed by atoms with Crippen LogP contribution in [0.15, 0.2) is 47.6 Å². The third kappa shape index (κ3) is 8.36.